The molecule has 0 atom stereocenters. The largest absolute Gasteiger partial charge is 0.496 e. The molecule has 2 aromatic carbocycles. The molecule has 0 aliphatic heterocycles. The van der Waals surface area contributed by atoms with E-state index in [0.717, 1.165) is 28.3 Å². The van der Waals surface area contributed by atoms with Crippen molar-refractivity contribution in [3.63, 3.8) is 0 Å². The zero-order valence-electron chi connectivity index (χ0n) is 14.9. The SMILES string of the molecule is COc1ccccc1CNC(=O)CCN(c1ccc(F)cc1F)S(C)(=O)=O. The normalized spacial score (nSPS) is 11.1. The standard InChI is InChI=1S/C18H20F2N2O4S/c1-26-17-6-4-3-5-13(17)12-21-18(23)9-10-22(27(2,24)25)16-8-7-14(19)11-15(16)20/h3-8,11H,9-10,12H2,1-2H3,(H,21,23). The lowest BCUT2D eigenvalue weighted by Gasteiger charge is -2.22. The van der Waals surface area contributed by atoms with Gasteiger partial charge in [0.2, 0.25) is 15.9 Å². The number of halogens is 2. The van der Waals surface area contributed by atoms with Gasteiger partial charge in [-0.15, -0.1) is 0 Å². The second kappa shape index (κ2) is 8.81. The van der Waals surface area contributed by atoms with Gasteiger partial charge in [0.25, 0.3) is 0 Å². The lowest BCUT2D eigenvalue weighted by molar-refractivity contribution is -0.121. The Morgan fingerprint density at radius 2 is 1.89 bits per heavy atom. The zero-order valence-corrected chi connectivity index (χ0v) is 15.7. The number of carbonyl (C=O) groups is 1. The van der Waals surface area contributed by atoms with Gasteiger partial charge in [-0.1, -0.05) is 18.2 Å². The zero-order chi connectivity index (χ0) is 20.0. The van der Waals surface area contributed by atoms with Gasteiger partial charge in [-0.2, -0.15) is 0 Å². The molecule has 0 bridgehead atoms. The fourth-order valence-corrected chi connectivity index (χ4v) is 3.41. The lowest BCUT2D eigenvalue weighted by atomic mass is 10.2. The Bertz CT molecular complexity index is 919. The molecule has 0 spiro atoms. The molecule has 1 amide bonds. The van der Waals surface area contributed by atoms with Crippen molar-refractivity contribution in [1.82, 2.24) is 5.32 Å². The number of hydrogen-bond donors (Lipinski definition) is 1. The molecule has 1 N–H and O–H groups in total. The summed E-state index contributed by atoms with van der Waals surface area (Å²) in [6, 6.07) is 9.71. The second-order valence-corrected chi connectivity index (χ2v) is 7.68. The Labute approximate surface area is 156 Å². The van der Waals surface area contributed by atoms with E-state index in [1.54, 1.807) is 24.3 Å². The van der Waals surface area contributed by atoms with E-state index in [1.807, 2.05) is 0 Å². The molecule has 0 heterocycles. The summed E-state index contributed by atoms with van der Waals surface area (Å²) in [5, 5.41) is 2.66. The van der Waals surface area contributed by atoms with Crippen LogP contribution in [0.4, 0.5) is 14.5 Å². The summed E-state index contributed by atoms with van der Waals surface area (Å²) >= 11 is 0. The third-order valence-corrected chi connectivity index (χ3v) is 4.97. The molecule has 27 heavy (non-hydrogen) atoms. The Hall–Kier alpha value is -2.68. The second-order valence-electron chi connectivity index (χ2n) is 5.77. The molecule has 0 aliphatic rings. The Kier molecular flexibility index (Phi) is 6.73. The van der Waals surface area contributed by atoms with Crippen LogP contribution in [0.2, 0.25) is 0 Å². The van der Waals surface area contributed by atoms with Gasteiger partial charge in [-0.05, 0) is 18.2 Å². The van der Waals surface area contributed by atoms with Crippen LogP contribution in [-0.4, -0.2) is 34.2 Å². The van der Waals surface area contributed by atoms with Crippen LogP contribution in [0.3, 0.4) is 0 Å². The van der Waals surface area contributed by atoms with E-state index < -0.39 is 27.6 Å². The van der Waals surface area contributed by atoms with E-state index in [1.165, 1.54) is 7.11 Å². The predicted octanol–water partition coefficient (Wildman–Crippen LogP) is 2.45. The highest BCUT2D eigenvalue weighted by Gasteiger charge is 2.22. The molecular weight excluding hydrogens is 378 g/mol. The number of methoxy groups -OCH3 is 1. The van der Waals surface area contributed by atoms with Gasteiger partial charge in [0.05, 0.1) is 19.1 Å². The van der Waals surface area contributed by atoms with Crippen molar-refractivity contribution in [2.24, 2.45) is 0 Å². The van der Waals surface area contributed by atoms with Crippen molar-refractivity contribution in [2.75, 3.05) is 24.2 Å². The molecule has 2 aromatic rings. The molecule has 2 rings (SSSR count). The molecule has 0 radical (unpaired) electrons. The number of ether oxygens (including phenoxy) is 1. The lowest BCUT2D eigenvalue weighted by Crippen LogP contribution is -2.35. The average molecular weight is 398 g/mol. The number of anilines is 1. The quantitative estimate of drug-likeness (QED) is 0.741. The Balaban J connectivity index is 2.03. The summed E-state index contributed by atoms with van der Waals surface area (Å²) < 4.78 is 56.9. The summed E-state index contributed by atoms with van der Waals surface area (Å²) in [5.41, 5.74) is 0.453. The maximum Gasteiger partial charge on any atom is 0.232 e. The van der Waals surface area contributed by atoms with Gasteiger partial charge in [-0.3, -0.25) is 9.10 Å². The number of hydrogen-bond acceptors (Lipinski definition) is 4. The maximum absolute atomic E-state index is 13.9. The molecule has 0 aliphatic carbocycles. The van der Waals surface area contributed by atoms with Crippen LogP contribution in [-0.2, 0) is 21.4 Å². The van der Waals surface area contributed by atoms with Crippen LogP contribution in [0.5, 0.6) is 5.75 Å². The van der Waals surface area contributed by atoms with Crippen LogP contribution < -0.4 is 14.4 Å². The summed E-state index contributed by atoms with van der Waals surface area (Å²) in [6.45, 7) is -0.0776. The van der Waals surface area contributed by atoms with Crippen molar-refractivity contribution >= 4 is 21.6 Å². The fourth-order valence-electron chi connectivity index (χ4n) is 2.48. The van der Waals surface area contributed by atoms with Gasteiger partial charge in [-0.25, -0.2) is 17.2 Å². The van der Waals surface area contributed by atoms with E-state index in [2.05, 4.69) is 5.32 Å². The summed E-state index contributed by atoms with van der Waals surface area (Å²) in [4.78, 5) is 12.1. The van der Waals surface area contributed by atoms with Crippen molar-refractivity contribution < 1.29 is 26.7 Å². The maximum atomic E-state index is 13.9. The van der Waals surface area contributed by atoms with Gasteiger partial charge in [0.15, 0.2) is 0 Å². The van der Waals surface area contributed by atoms with Gasteiger partial charge in [0, 0.05) is 31.1 Å². The van der Waals surface area contributed by atoms with E-state index in [-0.39, 0.29) is 25.2 Å². The number of para-hydroxylation sites is 1. The number of amides is 1. The molecule has 9 heteroatoms. The molecule has 6 nitrogen and oxygen atoms in total. The van der Waals surface area contributed by atoms with Crippen molar-refractivity contribution in [3.8, 4) is 5.75 Å². The highest BCUT2D eigenvalue weighted by molar-refractivity contribution is 7.92. The van der Waals surface area contributed by atoms with Crippen molar-refractivity contribution in [1.29, 1.82) is 0 Å². The number of rotatable bonds is 8. The Morgan fingerprint density at radius 3 is 2.52 bits per heavy atom. The molecule has 0 unspecified atom stereocenters. The third-order valence-electron chi connectivity index (χ3n) is 3.79. The molecule has 0 saturated heterocycles. The van der Waals surface area contributed by atoms with E-state index in [4.69, 9.17) is 4.74 Å². The molecule has 0 fully saturated rings. The summed E-state index contributed by atoms with van der Waals surface area (Å²) in [6.07, 6.45) is 0.696. The highest BCUT2D eigenvalue weighted by atomic mass is 32.2. The first-order valence-electron chi connectivity index (χ1n) is 8.03. The van der Waals surface area contributed by atoms with Crippen molar-refractivity contribution in [3.05, 3.63) is 59.7 Å². The van der Waals surface area contributed by atoms with Crippen LogP contribution in [0, 0.1) is 11.6 Å². The average Bonchev–Trinajstić information content (AvgIpc) is 2.60. The summed E-state index contributed by atoms with van der Waals surface area (Å²) in [7, 11) is -2.34. The number of nitrogens with one attached hydrogen (secondary N) is 1. The van der Waals surface area contributed by atoms with Crippen LogP contribution >= 0.6 is 0 Å². The predicted molar refractivity (Wildman–Crippen MR) is 98.0 cm³/mol. The Morgan fingerprint density at radius 1 is 1.19 bits per heavy atom. The number of sulfonamides is 1. The molecular formula is C18H20F2N2O4S. The minimum atomic E-state index is -3.86. The van der Waals surface area contributed by atoms with Gasteiger partial charge < -0.3 is 10.1 Å². The number of benzene rings is 2. The molecule has 0 aromatic heterocycles. The van der Waals surface area contributed by atoms with Crippen molar-refractivity contribution in [2.45, 2.75) is 13.0 Å². The van der Waals surface area contributed by atoms with Crippen LogP contribution in [0.1, 0.15) is 12.0 Å². The van der Waals surface area contributed by atoms with E-state index in [9.17, 15) is 22.0 Å². The molecule has 146 valence electrons. The smallest absolute Gasteiger partial charge is 0.232 e. The topological polar surface area (TPSA) is 75.7 Å². The summed E-state index contributed by atoms with van der Waals surface area (Å²) in [5.74, 6) is -1.64. The monoisotopic (exact) mass is 398 g/mol. The first kappa shape index (κ1) is 20.6. The first-order valence-corrected chi connectivity index (χ1v) is 9.88. The first-order chi connectivity index (χ1) is 12.7. The van der Waals surface area contributed by atoms with Crippen LogP contribution in [0.25, 0.3) is 0 Å². The fraction of sp³-hybridized carbons (Fsp3) is 0.278. The minimum absolute atomic E-state index is 0.195. The van der Waals surface area contributed by atoms with Gasteiger partial charge >= 0.3 is 0 Å². The van der Waals surface area contributed by atoms with E-state index >= 15 is 0 Å². The highest BCUT2D eigenvalue weighted by Crippen LogP contribution is 2.23. The van der Waals surface area contributed by atoms with Gasteiger partial charge in [0.1, 0.15) is 17.4 Å². The number of nitrogens with zero attached hydrogens (tertiary/aromatic N) is 1. The van der Waals surface area contributed by atoms with Crippen LogP contribution in [0.15, 0.2) is 42.5 Å². The van der Waals surface area contributed by atoms with E-state index in [0.29, 0.717) is 11.8 Å². The third kappa shape index (κ3) is 5.65. The molecule has 0 saturated carbocycles. The number of carbonyl (C=O) groups excluding carboxylic acids is 1. The minimum Gasteiger partial charge on any atom is -0.496 e.